The van der Waals surface area contributed by atoms with E-state index in [0.29, 0.717) is 6.04 Å². The number of nitrogens with two attached hydrogens (primary N) is 1. The number of carbonyl (C=O) groups is 1. The molecule has 1 aliphatic rings. The molecule has 1 heterocycles. The zero-order valence-corrected chi connectivity index (χ0v) is 14.7. The lowest BCUT2D eigenvalue weighted by Crippen LogP contribution is -2.54. The summed E-state index contributed by atoms with van der Waals surface area (Å²) in [4.78, 5) is 16.4. The summed E-state index contributed by atoms with van der Waals surface area (Å²) in [5.74, 6) is 0. The Kier molecular flexibility index (Phi) is 5.52. The number of anilines is 1. The molecular formula is C18H29N3O2. The molecule has 0 radical (unpaired) electrons. The monoisotopic (exact) mass is 319 g/mol. The summed E-state index contributed by atoms with van der Waals surface area (Å²) >= 11 is 0. The van der Waals surface area contributed by atoms with Gasteiger partial charge in [0.15, 0.2) is 0 Å². The number of amides is 1. The van der Waals surface area contributed by atoms with Gasteiger partial charge >= 0.3 is 6.09 Å². The average molecular weight is 319 g/mol. The minimum atomic E-state index is -0.438. The minimum absolute atomic E-state index is 0.206. The summed E-state index contributed by atoms with van der Waals surface area (Å²) in [5.41, 5.74) is 7.37. The summed E-state index contributed by atoms with van der Waals surface area (Å²) < 4.78 is 5.46. The van der Waals surface area contributed by atoms with Gasteiger partial charge in [-0.1, -0.05) is 12.1 Å². The number of carbonyl (C=O) groups excluding carboxylic acids is 1. The normalized spacial score (nSPS) is 19.7. The van der Waals surface area contributed by atoms with Crippen LogP contribution in [-0.4, -0.2) is 53.7 Å². The lowest BCUT2D eigenvalue weighted by molar-refractivity contribution is 0.00598. The quantitative estimate of drug-likeness (QED) is 0.870. The highest BCUT2D eigenvalue weighted by Gasteiger charge is 2.29. The fourth-order valence-corrected chi connectivity index (χ4v) is 2.78. The molecule has 0 aliphatic carbocycles. The molecule has 23 heavy (non-hydrogen) atoms. The van der Waals surface area contributed by atoms with Crippen LogP contribution in [0.15, 0.2) is 24.3 Å². The topological polar surface area (TPSA) is 58.8 Å². The number of nitrogen functional groups attached to an aromatic ring is 1. The van der Waals surface area contributed by atoms with Crippen molar-refractivity contribution >= 4 is 11.8 Å². The molecule has 1 aromatic rings. The molecule has 2 N–H and O–H groups in total. The van der Waals surface area contributed by atoms with E-state index in [2.05, 4.69) is 24.0 Å². The Bertz CT molecular complexity index is 522. The number of nitrogens with zero attached hydrogens (tertiary/aromatic N) is 2. The molecule has 0 aromatic heterocycles. The summed E-state index contributed by atoms with van der Waals surface area (Å²) in [5, 5.41) is 0. The van der Waals surface area contributed by atoms with E-state index in [4.69, 9.17) is 10.5 Å². The van der Waals surface area contributed by atoms with Crippen molar-refractivity contribution in [2.45, 2.75) is 45.8 Å². The Hall–Kier alpha value is -1.75. The molecule has 1 fully saturated rings. The molecule has 1 aromatic carbocycles. The number of ether oxygens (including phenoxy) is 1. The number of hydrogen-bond acceptors (Lipinski definition) is 4. The summed E-state index contributed by atoms with van der Waals surface area (Å²) in [6, 6.07) is 8.39. The van der Waals surface area contributed by atoms with E-state index >= 15 is 0 Å². The molecule has 1 saturated heterocycles. The smallest absolute Gasteiger partial charge is 0.410 e. The number of rotatable bonds is 3. The maximum absolute atomic E-state index is 12.2. The van der Waals surface area contributed by atoms with E-state index in [-0.39, 0.29) is 6.09 Å². The molecule has 1 aliphatic heterocycles. The minimum Gasteiger partial charge on any atom is -0.444 e. The molecule has 0 bridgehead atoms. The van der Waals surface area contributed by atoms with E-state index in [9.17, 15) is 4.79 Å². The van der Waals surface area contributed by atoms with Gasteiger partial charge in [0.1, 0.15) is 5.60 Å². The second-order valence-corrected chi connectivity index (χ2v) is 7.30. The summed E-state index contributed by atoms with van der Waals surface area (Å²) in [7, 11) is 0. The predicted molar refractivity (Wildman–Crippen MR) is 93.4 cm³/mol. The van der Waals surface area contributed by atoms with Gasteiger partial charge in [0.2, 0.25) is 0 Å². The molecule has 128 valence electrons. The van der Waals surface area contributed by atoms with Gasteiger partial charge in [-0.3, -0.25) is 4.90 Å². The Labute approximate surface area is 139 Å². The fourth-order valence-electron chi connectivity index (χ4n) is 2.78. The van der Waals surface area contributed by atoms with E-state index < -0.39 is 5.60 Å². The van der Waals surface area contributed by atoms with Gasteiger partial charge in [0.05, 0.1) is 0 Å². The van der Waals surface area contributed by atoms with Crippen molar-refractivity contribution in [3.05, 3.63) is 29.8 Å². The van der Waals surface area contributed by atoms with Crippen LogP contribution in [0.3, 0.4) is 0 Å². The SMILES string of the molecule is C[C@@H]1CN(C(=O)OC(C)(C)C)CCN1CCc1ccc(N)cc1. The highest BCUT2D eigenvalue weighted by Crippen LogP contribution is 2.15. The molecule has 5 heteroatoms. The summed E-state index contributed by atoms with van der Waals surface area (Å²) in [6.45, 7) is 11.2. The molecule has 0 spiro atoms. The highest BCUT2D eigenvalue weighted by atomic mass is 16.6. The molecule has 1 amide bonds. The van der Waals surface area contributed by atoms with Gasteiger partial charge in [-0.25, -0.2) is 4.79 Å². The van der Waals surface area contributed by atoms with Gasteiger partial charge in [-0.2, -0.15) is 0 Å². The second kappa shape index (κ2) is 7.21. The maximum atomic E-state index is 12.2. The van der Waals surface area contributed by atoms with Crippen molar-refractivity contribution in [2.75, 3.05) is 31.9 Å². The fraction of sp³-hybridized carbons (Fsp3) is 0.611. The third-order valence-electron chi connectivity index (χ3n) is 4.08. The first kappa shape index (κ1) is 17.6. The third-order valence-corrected chi connectivity index (χ3v) is 4.08. The standard InChI is InChI=1S/C18H29N3O2/c1-14-13-21(17(22)23-18(2,3)4)12-11-20(14)10-9-15-5-7-16(19)8-6-15/h5-8,14H,9-13,19H2,1-4H3/t14-/m1/s1. The summed E-state index contributed by atoms with van der Waals surface area (Å²) in [6.07, 6.45) is 0.791. The highest BCUT2D eigenvalue weighted by molar-refractivity contribution is 5.68. The third kappa shape index (κ3) is 5.43. The molecule has 2 rings (SSSR count). The molecule has 1 atom stereocenters. The Morgan fingerprint density at radius 1 is 1.26 bits per heavy atom. The van der Waals surface area contributed by atoms with Crippen LogP contribution in [0.1, 0.15) is 33.3 Å². The van der Waals surface area contributed by atoms with Crippen molar-refractivity contribution in [2.24, 2.45) is 0 Å². The Balaban J connectivity index is 1.82. The van der Waals surface area contributed by atoms with Crippen LogP contribution in [0.25, 0.3) is 0 Å². The molecule has 0 saturated carbocycles. The van der Waals surface area contributed by atoms with Crippen LogP contribution in [-0.2, 0) is 11.2 Å². The van der Waals surface area contributed by atoms with Crippen molar-refractivity contribution in [1.29, 1.82) is 0 Å². The van der Waals surface area contributed by atoms with Crippen molar-refractivity contribution in [1.82, 2.24) is 9.80 Å². The lowest BCUT2D eigenvalue weighted by atomic mass is 10.1. The van der Waals surface area contributed by atoms with Gasteiger partial charge in [-0.05, 0) is 51.8 Å². The van der Waals surface area contributed by atoms with Gasteiger partial charge in [-0.15, -0.1) is 0 Å². The van der Waals surface area contributed by atoms with E-state index in [1.54, 1.807) is 0 Å². The van der Waals surface area contributed by atoms with Crippen LogP contribution < -0.4 is 5.73 Å². The Morgan fingerprint density at radius 3 is 2.48 bits per heavy atom. The zero-order valence-electron chi connectivity index (χ0n) is 14.7. The first-order valence-corrected chi connectivity index (χ1v) is 8.31. The first-order chi connectivity index (χ1) is 10.7. The van der Waals surface area contributed by atoms with Crippen LogP contribution in [0.5, 0.6) is 0 Å². The van der Waals surface area contributed by atoms with Crippen LogP contribution in [0.4, 0.5) is 10.5 Å². The number of benzene rings is 1. The van der Waals surface area contributed by atoms with Crippen molar-refractivity contribution in [3.63, 3.8) is 0 Å². The van der Waals surface area contributed by atoms with Crippen molar-refractivity contribution < 1.29 is 9.53 Å². The zero-order chi connectivity index (χ0) is 17.0. The van der Waals surface area contributed by atoms with Gasteiger partial charge in [0, 0.05) is 37.9 Å². The Morgan fingerprint density at radius 2 is 1.91 bits per heavy atom. The predicted octanol–water partition coefficient (Wildman–Crippen LogP) is 2.75. The van der Waals surface area contributed by atoms with E-state index in [1.165, 1.54) is 5.56 Å². The van der Waals surface area contributed by atoms with Gasteiger partial charge in [0.25, 0.3) is 0 Å². The van der Waals surface area contributed by atoms with Crippen LogP contribution >= 0.6 is 0 Å². The van der Waals surface area contributed by atoms with Crippen LogP contribution in [0, 0.1) is 0 Å². The second-order valence-electron chi connectivity index (χ2n) is 7.30. The largest absolute Gasteiger partial charge is 0.444 e. The lowest BCUT2D eigenvalue weighted by Gasteiger charge is -2.40. The number of hydrogen-bond donors (Lipinski definition) is 1. The van der Waals surface area contributed by atoms with E-state index in [1.807, 2.05) is 37.8 Å². The molecular weight excluding hydrogens is 290 g/mol. The molecule has 0 unspecified atom stereocenters. The van der Waals surface area contributed by atoms with Gasteiger partial charge < -0.3 is 15.4 Å². The van der Waals surface area contributed by atoms with E-state index in [0.717, 1.165) is 38.3 Å². The first-order valence-electron chi connectivity index (χ1n) is 8.31. The average Bonchev–Trinajstić information content (AvgIpc) is 2.46. The number of piperazine rings is 1. The molecule has 5 nitrogen and oxygen atoms in total. The van der Waals surface area contributed by atoms with Crippen LogP contribution in [0.2, 0.25) is 0 Å². The maximum Gasteiger partial charge on any atom is 0.410 e. The van der Waals surface area contributed by atoms with Crippen molar-refractivity contribution in [3.8, 4) is 0 Å².